The molecule has 0 spiro atoms. The second-order valence-electron chi connectivity index (χ2n) is 4.76. The molecule has 0 aromatic carbocycles. The first-order valence-electron chi connectivity index (χ1n) is 5.20. The van der Waals surface area contributed by atoms with Gasteiger partial charge in [0.15, 0.2) is 0 Å². The maximum Gasteiger partial charge on any atom is 0.0628 e. The molecule has 0 saturated heterocycles. The lowest BCUT2D eigenvalue weighted by Crippen LogP contribution is -2.42. The summed E-state index contributed by atoms with van der Waals surface area (Å²) in [5.74, 6) is 0. The van der Waals surface area contributed by atoms with E-state index in [4.69, 9.17) is 4.74 Å². The summed E-state index contributed by atoms with van der Waals surface area (Å²) in [5.41, 5.74) is 0.266. The molecule has 0 fully saturated rings. The number of hydrogen-bond acceptors (Lipinski definition) is 2. The molecular formula is C11H25NO. The minimum atomic E-state index is 0.266. The Hall–Kier alpha value is -0.0800. The fraction of sp³-hybridized carbons (Fsp3) is 1.00. The maximum absolute atomic E-state index is 5.71. The summed E-state index contributed by atoms with van der Waals surface area (Å²) in [7, 11) is 2.00. The molecule has 0 bridgehead atoms. The fourth-order valence-electron chi connectivity index (χ4n) is 1.14. The van der Waals surface area contributed by atoms with Crippen molar-refractivity contribution < 1.29 is 4.74 Å². The molecule has 13 heavy (non-hydrogen) atoms. The van der Waals surface area contributed by atoms with Gasteiger partial charge in [-0.15, -0.1) is 0 Å². The second-order valence-corrected chi connectivity index (χ2v) is 4.76. The lowest BCUT2D eigenvalue weighted by molar-refractivity contribution is 0.0268. The third-order valence-corrected chi connectivity index (χ3v) is 2.52. The largest absolute Gasteiger partial charge is 0.377 e. The molecule has 0 aromatic rings. The Morgan fingerprint density at radius 1 is 1.31 bits per heavy atom. The van der Waals surface area contributed by atoms with Crippen molar-refractivity contribution in [2.24, 2.45) is 5.41 Å². The number of nitrogens with one attached hydrogen (secondary N) is 1. The van der Waals surface area contributed by atoms with Gasteiger partial charge in [-0.25, -0.2) is 0 Å². The van der Waals surface area contributed by atoms with Crippen LogP contribution in [0.3, 0.4) is 0 Å². The van der Waals surface area contributed by atoms with Crippen molar-refractivity contribution in [2.75, 3.05) is 13.7 Å². The number of hydrogen-bond donors (Lipinski definition) is 1. The highest BCUT2D eigenvalue weighted by Gasteiger charge is 2.23. The Morgan fingerprint density at radius 2 is 1.85 bits per heavy atom. The molecular weight excluding hydrogens is 162 g/mol. The highest BCUT2D eigenvalue weighted by atomic mass is 16.5. The number of rotatable bonds is 5. The van der Waals surface area contributed by atoms with Crippen LogP contribution in [-0.2, 0) is 4.74 Å². The van der Waals surface area contributed by atoms with Crippen molar-refractivity contribution in [3.8, 4) is 0 Å². The fourth-order valence-corrected chi connectivity index (χ4v) is 1.14. The van der Waals surface area contributed by atoms with E-state index in [1.807, 2.05) is 7.05 Å². The van der Waals surface area contributed by atoms with E-state index in [-0.39, 0.29) is 5.41 Å². The predicted octanol–water partition coefficient (Wildman–Crippen LogP) is 2.44. The van der Waals surface area contributed by atoms with E-state index in [1.54, 1.807) is 0 Å². The SMILES string of the molecule is CCC(C)OCC(NC)C(C)(C)C. The molecule has 80 valence electrons. The topological polar surface area (TPSA) is 21.3 Å². The first-order chi connectivity index (χ1) is 5.91. The summed E-state index contributed by atoms with van der Waals surface area (Å²) in [6.45, 7) is 11.8. The smallest absolute Gasteiger partial charge is 0.0628 e. The summed E-state index contributed by atoms with van der Waals surface area (Å²) in [6.07, 6.45) is 1.46. The third-order valence-electron chi connectivity index (χ3n) is 2.52. The Balaban J connectivity index is 3.86. The van der Waals surface area contributed by atoms with Crippen molar-refractivity contribution in [2.45, 2.75) is 53.2 Å². The van der Waals surface area contributed by atoms with Crippen LogP contribution in [-0.4, -0.2) is 25.8 Å². The minimum absolute atomic E-state index is 0.266. The van der Waals surface area contributed by atoms with Gasteiger partial charge >= 0.3 is 0 Å². The van der Waals surface area contributed by atoms with Crippen LogP contribution in [0.2, 0.25) is 0 Å². The Kier molecular flexibility index (Phi) is 5.57. The zero-order valence-corrected chi connectivity index (χ0v) is 9.98. The van der Waals surface area contributed by atoms with Crippen LogP contribution in [0.4, 0.5) is 0 Å². The van der Waals surface area contributed by atoms with Crippen LogP contribution >= 0.6 is 0 Å². The molecule has 2 atom stereocenters. The van der Waals surface area contributed by atoms with E-state index in [2.05, 4.69) is 39.9 Å². The van der Waals surface area contributed by atoms with Gasteiger partial charge in [0.1, 0.15) is 0 Å². The van der Waals surface area contributed by atoms with Gasteiger partial charge in [0, 0.05) is 6.04 Å². The van der Waals surface area contributed by atoms with Gasteiger partial charge in [-0.1, -0.05) is 27.7 Å². The van der Waals surface area contributed by atoms with Gasteiger partial charge in [0.2, 0.25) is 0 Å². The van der Waals surface area contributed by atoms with E-state index < -0.39 is 0 Å². The van der Waals surface area contributed by atoms with Crippen LogP contribution in [0.15, 0.2) is 0 Å². The maximum atomic E-state index is 5.71. The molecule has 0 heterocycles. The number of ether oxygens (including phenoxy) is 1. The summed E-state index contributed by atoms with van der Waals surface area (Å²) in [6, 6.07) is 0.432. The summed E-state index contributed by atoms with van der Waals surface area (Å²) >= 11 is 0. The van der Waals surface area contributed by atoms with Crippen LogP contribution in [0.5, 0.6) is 0 Å². The zero-order chi connectivity index (χ0) is 10.5. The molecule has 1 N–H and O–H groups in total. The Morgan fingerprint density at radius 3 is 2.15 bits per heavy atom. The van der Waals surface area contributed by atoms with Gasteiger partial charge in [0.05, 0.1) is 12.7 Å². The average molecular weight is 187 g/mol. The third kappa shape index (κ3) is 5.27. The molecule has 0 aliphatic rings. The molecule has 0 aliphatic carbocycles. The van der Waals surface area contributed by atoms with Crippen molar-refractivity contribution in [1.82, 2.24) is 5.32 Å². The van der Waals surface area contributed by atoms with Crippen molar-refractivity contribution in [1.29, 1.82) is 0 Å². The lowest BCUT2D eigenvalue weighted by atomic mass is 9.87. The van der Waals surface area contributed by atoms with Crippen LogP contribution < -0.4 is 5.32 Å². The van der Waals surface area contributed by atoms with Gasteiger partial charge in [-0.3, -0.25) is 0 Å². The van der Waals surface area contributed by atoms with E-state index in [0.717, 1.165) is 13.0 Å². The summed E-state index contributed by atoms with van der Waals surface area (Å²) in [5, 5.41) is 3.30. The van der Waals surface area contributed by atoms with Gasteiger partial charge in [0.25, 0.3) is 0 Å². The van der Waals surface area contributed by atoms with Gasteiger partial charge in [-0.2, -0.15) is 0 Å². The van der Waals surface area contributed by atoms with Crippen LogP contribution in [0, 0.1) is 5.41 Å². The van der Waals surface area contributed by atoms with E-state index >= 15 is 0 Å². The predicted molar refractivity (Wildman–Crippen MR) is 58.0 cm³/mol. The molecule has 2 nitrogen and oxygen atoms in total. The number of likely N-dealkylation sites (N-methyl/N-ethyl adjacent to an activating group) is 1. The average Bonchev–Trinajstić information content (AvgIpc) is 2.02. The summed E-state index contributed by atoms with van der Waals surface area (Å²) < 4.78 is 5.71. The highest BCUT2D eigenvalue weighted by molar-refractivity contribution is 4.78. The van der Waals surface area contributed by atoms with E-state index in [0.29, 0.717) is 12.1 Å². The Labute approximate surface area is 83.1 Å². The second kappa shape index (κ2) is 5.61. The molecule has 0 amide bonds. The molecule has 0 aliphatic heterocycles. The first kappa shape index (κ1) is 12.9. The first-order valence-corrected chi connectivity index (χ1v) is 5.20. The van der Waals surface area contributed by atoms with E-state index in [1.165, 1.54) is 0 Å². The molecule has 0 saturated carbocycles. The minimum Gasteiger partial charge on any atom is -0.377 e. The molecule has 2 unspecified atom stereocenters. The quantitative estimate of drug-likeness (QED) is 0.714. The molecule has 0 aromatic heterocycles. The van der Waals surface area contributed by atoms with Crippen molar-refractivity contribution in [3.63, 3.8) is 0 Å². The van der Waals surface area contributed by atoms with Gasteiger partial charge in [-0.05, 0) is 25.8 Å². The van der Waals surface area contributed by atoms with Gasteiger partial charge < -0.3 is 10.1 Å². The molecule has 2 heteroatoms. The molecule has 0 rings (SSSR count). The highest BCUT2D eigenvalue weighted by Crippen LogP contribution is 2.19. The Bertz CT molecular complexity index is 129. The molecule has 0 radical (unpaired) electrons. The van der Waals surface area contributed by atoms with Crippen molar-refractivity contribution >= 4 is 0 Å². The monoisotopic (exact) mass is 187 g/mol. The lowest BCUT2D eigenvalue weighted by Gasteiger charge is -2.31. The van der Waals surface area contributed by atoms with Crippen LogP contribution in [0.25, 0.3) is 0 Å². The van der Waals surface area contributed by atoms with E-state index in [9.17, 15) is 0 Å². The zero-order valence-electron chi connectivity index (χ0n) is 9.98. The van der Waals surface area contributed by atoms with Crippen LogP contribution in [0.1, 0.15) is 41.0 Å². The normalized spacial score (nSPS) is 17.1. The standard InChI is InChI=1S/C11H25NO/c1-7-9(2)13-8-10(12-6)11(3,4)5/h9-10,12H,7-8H2,1-6H3. The summed E-state index contributed by atoms with van der Waals surface area (Å²) in [4.78, 5) is 0. The van der Waals surface area contributed by atoms with Crippen molar-refractivity contribution in [3.05, 3.63) is 0 Å².